The molecule has 0 aliphatic carbocycles. The molecular formula is C6H14N2O2. The molecule has 0 aromatic heterocycles. The Morgan fingerprint density at radius 2 is 2.30 bits per heavy atom. The van der Waals surface area contributed by atoms with E-state index < -0.39 is 0 Å². The number of rotatable bonds is 3. The number of nitrogens with two attached hydrogens (primary N) is 1. The highest BCUT2D eigenvalue weighted by molar-refractivity contribution is 5.72. The lowest BCUT2D eigenvalue weighted by atomic mass is 10.3. The molecule has 0 spiro atoms. The molecular weight excluding hydrogens is 132 g/mol. The van der Waals surface area contributed by atoms with Gasteiger partial charge in [0.15, 0.2) is 0 Å². The Balaban J connectivity index is 3.56. The second kappa shape index (κ2) is 4.24. The molecule has 0 saturated carbocycles. The average Bonchev–Trinajstić information content (AvgIpc) is 1.87. The first-order chi connectivity index (χ1) is 4.57. The first-order valence-corrected chi connectivity index (χ1v) is 3.16. The molecule has 0 bridgehead atoms. The van der Waals surface area contributed by atoms with E-state index in [0.717, 1.165) is 0 Å². The van der Waals surface area contributed by atoms with Gasteiger partial charge in [-0.3, -0.25) is 4.79 Å². The quantitative estimate of drug-likeness (QED) is 0.524. The minimum atomic E-state index is -0.325. The van der Waals surface area contributed by atoms with Crippen molar-refractivity contribution in [2.75, 3.05) is 20.2 Å². The molecule has 0 aromatic carbocycles. The predicted octanol–water partition coefficient (Wildman–Crippen LogP) is -1.22. The molecule has 0 aliphatic heterocycles. The van der Waals surface area contributed by atoms with Crippen molar-refractivity contribution in [2.45, 2.75) is 13.0 Å². The molecule has 4 nitrogen and oxygen atoms in total. The van der Waals surface area contributed by atoms with Gasteiger partial charge in [-0.2, -0.15) is 0 Å². The lowest BCUT2D eigenvalue weighted by Crippen LogP contribution is -2.39. The zero-order chi connectivity index (χ0) is 8.15. The van der Waals surface area contributed by atoms with Gasteiger partial charge in [-0.25, -0.2) is 0 Å². The summed E-state index contributed by atoms with van der Waals surface area (Å²) in [5, 5.41) is 8.50. The normalized spacial score (nSPS) is 12.8. The van der Waals surface area contributed by atoms with Gasteiger partial charge in [0.05, 0.1) is 6.61 Å². The number of nitrogens with zero attached hydrogens (tertiary/aromatic N) is 1. The average molecular weight is 146 g/mol. The number of aliphatic hydroxyl groups is 1. The van der Waals surface area contributed by atoms with Crippen LogP contribution in [0.3, 0.4) is 0 Å². The fraction of sp³-hybridized carbons (Fsp3) is 0.833. The summed E-state index contributed by atoms with van der Waals surface area (Å²) in [7, 11) is 1.65. The molecule has 4 heteroatoms. The van der Waals surface area contributed by atoms with Crippen molar-refractivity contribution in [3.63, 3.8) is 0 Å². The molecule has 60 valence electrons. The number of carbonyl (C=O) groups excluding carboxylic acids is 1. The fourth-order valence-electron chi connectivity index (χ4n) is 0.538. The van der Waals surface area contributed by atoms with Crippen LogP contribution in [0.4, 0.5) is 0 Å². The van der Waals surface area contributed by atoms with Crippen LogP contribution in [0.25, 0.3) is 0 Å². The molecule has 0 aliphatic rings. The lowest BCUT2D eigenvalue weighted by molar-refractivity contribution is -0.127. The van der Waals surface area contributed by atoms with Crippen LogP contribution in [0.5, 0.6) is 0 Å². The van der Waals surface area contributed by atoms with Crippen LogP contribution in [-0.2, 0) is 4.79 Å². The van der Waals surface area contributed by atoms with Gasteiger partial charge in [0.25, 0.3) is 0 Å². The summed E-state index contributed by atoms with van der Waals surface area (Å²) in [5.74, 6) is -0.0381. The van der Waals surface area contributed by atoms with Crippen LogP contribution >= 0.6 is 0 Å². The second-order valence-corrected chi connectivity index (χ2v) is 2.34. The van der Waals surface area contributed by atoms with Gasteiger partial charge in [-0.15, -0.1) is 0 Å². The van der Waals surface area contributed by atoms with Crippen molar-refractivity contribution >= 4 is 5.91 Å². The Bertz CT molecular complexity index is 116. The molecule has 1 amide bonds. The summed E-state index contributed by atoms with van der Waals surface area (Å²) in [6, 6.07) is -0.325. The van der Waals surface area contributed by atoms with Gasteiger partial charge in [0.1, 0.15) is 0 Å². The summed E-state index contributed by atoms with van der Waals surface area (Å²) in [4.78, 5) is 12.1. The van der Waals surface area contributed by atoms with Crippen LogP contribution in [0.1, 0.15) is 6.92 Å². The molecule has 0 rings (SSSR count). The van der Waals surface area contributed by atoms with Crippen LogP contribution in [0, 0.1) is 0 Å². The minimum Gasteiger partial charge on any atom is -0.395 e. The van der Waals surface area contributed by atoms with Crippen molar-refractivity contribution in [3.8, 4) is 0 Å². The van der Waals surface area contributed by atoms with E-state index in [4.69, 9.17) is 10.8 Å². The Labute approximate surface area is 60.6 Å². The van der Waals surface area contributed by atoms with E-state index >= 15 is 0 Å². The van der Waals surface area contributed by atoms with Gasteiger partial charge in [-0.05, 0) is 0 Å². The molecule has 0 radical (unpaired) electrons. The molecule has 0 heterocycles. The zero-order valence-electron chi connectivity index (χ0n) is 6.37. The number of hydrogen-bond acceptors (Lipinski definition) is 3. The molecule has 0 aromatic rings. The van der Waals surface area contributed by atoms with Gasteiger partial charge in [0.2, 0.25) is 5.91 Å². The third-order valence-electron chi connectivity index (χ3n) is 1.28. The molecule has 0 unspecified atom stereocenters. The summed E-state index contributed by atoms with van der Waals surface area (Å²) >= 11 is 0. The Morgan fingerprint density at radius 3 is 2.60 bits per heavy atom. The zero-order valence-corrected chi connectivity index (χ0v) is 6.37. The SMILES string of the molecule is CC(=O)N(C)C[C@H](N)CO. The standard InChI is InChI=1S/C6H14N2O2/c1-5(10)8(2)3-6(7)4-9/h6,9H,3-4,7H2,1-2H3/t6-/m0/s1. The van der Waals surface area contributed by atoms with E-state index in [-0.39, 0.29) is 18.6 Å². The van der Waals surface area contributed by atoms with E-state index in [1.165, 1.54) is 11.8 Å². The first kappa shape index (κ1) is 9.39. The van der Waals surface area contributed by atoms with Crippen LogP contribution in [0.2, 0.25) is 0 Å². The first-order valence-electron chi connectivity index (χ1n) is 3.16. The number of hydrogen-bond donors (Lipinski definition) is 2. The van der Waals surface area contributed by atoms with Gasteiger partial charge < -0.3 is 15.7 Å². The predicted molar refractivity (Wildman–Crippen MR) is 38.4 cm³/mol. The largest absolute Gasteiger partial charge is 0.395 e. The van der Waals surface area contributed by atoms with E-state index in [1.807, 2.05) is 0 Å². The third-order valence-corrected chi connectivity index (χ3v) is 1.28. The smallest absolute Gasteiger partial charge is 0.219 e. The van der Waals surface area contributed by atoms with Gasteiger partial charge in [0, 0.05) is 26.6 Å². The third kappa shape index (κ3) is 3.42. The second-order valence-electron chi connectivity index (χ2n) is 2.34. The number of amides is 1. The van der Waals surface area contributed by atoms with Crippen LogP contribution in [0.15, 0.2) is 0 Å². The minimum absolute atomic E-state index is 0.0381. The van der Waals surface area contributed by atoms with Crippen molar-refractivity contribution < 1.29 is 9.90 Å². The summed E-state index contributed by atoms with van der Waals surface area (Å²) < 4.78 is 0. The molecule has 0 saturated heterocycles. The fourth-order valence-corrected chi connectivity index (χ4v) is 0.538. The Morgan fingerprint density at radius 1 is 1.80 bits per heavy atom. The van der Waals surface area contributed by atoms with Crippen LogP contribution < -0.4 is 5.73 Å². The Hall–Kier alpha value is -0.610. The van der Waals surface area contributed by atoms with Gasteiger partial charge in [-0.1, -0.05) is 0 Å². The highest BCUT2D eigenvalue weighted by Crippen LogP contribution is 1.85. The van der Waals surface area contributed by atoms with E-state index in [1.54, 1.807) is 7.05 Å². The van der Waals surface area contributed by atoms with Crippen LogP contribution in [-0.4, -0.2) is 42.2 Å². The maximum atomic E-state index is 10.6. The molecule has 3 N–H and O–H groups in total. The molecule has 10 heavy (non-hydrogen) atoms. The highest BCUT2D eigenvalue weighted by Gasteiger charge is 2.06. The van der Waals surface area contributed by atoms with E-state index in [0.29, 0.717) is 6.54 Å². The number of aliphatic hydroxyl groups excluding tert-OH is 1. The highest BCUT2D eigenvalue weighted by atomic mass is 16.3. The molecule has 1 atom stereocenters. The van der Waals surface area contributed by atoms with Crippen molar-refractivity contribution in [1.82, 2.24) is 4.90 Å². The Kier molecular flexibility index (Phi) is 3.99. The maximum Gasteiger partial charge on any atom is 0.219 e. The summed E-state index contributed by atoms with van der Waals surface area (Å²) in [5.41, 5.74) is 5.37. The molecule has 0 fully saturated rings. The van der Waals surface area contributed by atoms with Crippen molar-refractivity contribution in [3.05, 3.63) is 0 Å². The summed E-state index contributed by atoms with van der Waals surface area (Å²) in [6.45, 7) is 1.79. The number of carbonyl (C=O) groups is 1. The maximum absolute atomic E-state index is 10.6. The van der Waals surface area contributed by atoms with E-state index in [2.05, 4.69) is 0 Å². The van der Waals surface area contributed by atoms with E-state index in [9.17, 15) is 4.79 Å². The van der Waals surface area contributed by atoms with Crippen molar-refractivity contribution in [1.29, 1.82) is 0 Å². The lowest BCUT2D eigenvalue weighted by Gasteiger charge is -2.17. The topological polar surface area (TPSA) is 66.6 Å². The summed E-state index contributed by atoms with van der Waals surface area (Å²) in [6.07, 6.45) is 0. The monoisotopic (exact) mass is 146 g/mol. The van der Waals surface area contributed by atoms with Crippen molar-refractivity contribution in [2.24, 2.45) is 5.73 Å². The number of likely N-dealkylation sites (N-methyl/N-ethyl adjacent to an activating group) is 1. The van der Waals surface area contributed by atoms with Gasteiger partial charge >= 0.3 is 0 Å².